The molecular formula is C13H11ClN6O. The average molecular weight is 303 g/mol. The molecule has 0 atom stereocenters. The van der Waals surface area contributed by atoms with E-state index in [2.05, 4.69) is 20.1 Å². The minimum absolute atomic E-state index is 0.0663. The number of aromatic nitrogens is 5. The lowest BCUT2D eigenvalue weighted by atomic mass is 10.2. The Morgan fingerprint density at radius 1 is 1.19 bits per heavy atom. The third kappa shape index (κ3) is 3.26. The van der Waals surface area contributed by atoms with Crippen LogP contribution in [0.5, 0.6) is 6.01 Å². The van der Waals surface area contributed by atoms with Crippen LogP contribution in [0.4, 0.5) is 5.95 Å². The van der Waals surface area contributed by atoms with E-state index in [1.54, 1.807) is 30.6 Å². The molecule has 0 spiro atoms. The van der Waals surface area contributed by atoms with E-state index in [-0.39, 0.29) is 18.6 Å². The number of ether oxygens (including phenoxy) is 1. The molecule has 0 radical (unpaired) electrons. The standard InChI is InChI=1S/C13H11ClN6O/c14-10-4-1-3-9(7-10)8-21-13-18-11(15)17-12(19-13)20-6-2-5-16-20/h1-7H,8H2,(H2,15,17,18,19). The van der Waals surface area contributed by atoms with Crippen molar-refractivity contribution in [2.24, 2.45) is 0 Å². The summed E-state index contributed by atoms with van der Waals surface area (Å²) in [5, 5.41) is 4.68. The van der Waals surface area contributed by atoms with Gasteiger partial charge in [-0.1, -0.05) is 23.7 Å². The SMILES string of the molecule is Nc1nc(OCc2cccc(Cl)c2)nc(-n2cccn2)n1. The molecule has 3 rings (SSSR count). The third-order valence-electron chi connectivity index (χ3n) is 2.59. The highest BCUT2D eigenvalue weighted by molar-refractivity contribution is 6.30. The maximum atomic E-state index is 5.92. The number of halogens is 1. The topological polar surface area (TPSA) is 91.7 Å². The summed E-state index contributed by atoms with van der Waals surface area (Å²) in [6.07, 6.45) is 3.32. The molecule has 0 saturated heterocycles. The molecule has 8 heteroatoms. The predicted molar refractivity (Wildman–Crippen MR) is 77.1 cm³/mol. The number of hydrogen-bond donors (Lipinski definition) is 1. The van der Waals surface area contributed by atoms with Crippen LogP contribution in [0.3, 0.4) is 0 Å². The van der Waals surface area contributed by atoms with Crippen LogP contribution in [0.2, 0.25) is 5.02 Å². The van der Waals surface area contributed by atoms with Crippen LogP contribution in [0, 0.1) is 0 Å². The number of nitrogens with zero attached hydrogens (tertiary/aromatic N) is 5. The summed E-state index contributed by atoms with van der Waals surface area (Å²) in [5.74, 6) is 0.366. The zero-order chi connectivity index (χ0) is 14.7. The van der Waals surface area contributed by atoms with Crippen LogP contribution in [0.25, 0.3) is 5.95 Å². The number of rotatable bonds is 4. The molecule has 0 aliphatic carbocycles. The van der Waals surface area contributed by atoms with Crippen molar-refractivity contribution in [3.8, 4) is 12.0 Å². The van der Waals surface area contributed by atoms with Gasteiger partial charge in [-0.25, -0.2) is 4.68 Å². The molecule has 21 heavy (non-hydrogen) atoms. The van der Waals surface area contributed by atoms with Gasteiger partial charge in [-0.2, -0.15) is 20.1 Å². The van der Waals surface area contributed by atoms with Gasteiger partial charge < -0.3 is 10.5 Å². The Hall–Kier alpha value is -2.67. The summed E-state index contributed by atoms with van der Waals surface area (Å²) in [5.41, 5.74) is 6.56. The molecule has 0 aliphatic rings. The maximum absolute atomic E-state index is 5.92. The quantitative estimate of drug-likeness (QED) is 0.791. The Morgan fingerprint density at radius 3 is 2.86 bits per heavy atom. The van der Waals surface area contributed by atoms with Crippen molar-refractivity contribution in [3.05, 3.63) is 53.3 Å². The highest BCUT2D eigenvalue weighted by Gasteiger charge is 2.08. The van der Waals surface area contributed by atoms with Gasteiger partial charge in [-0.15, -0.1) is 0 Å². The summed E-state index contributed by atoms with van der Waals surface area (Å²) in [6.45, 7) is 0.280. The van der Waals surface area contributed by atoms with Crippen LogP contribution < -0.4 is 10.5 Å². The molecule has 2 N–H and O–H groups in total. The van der Waals surface area contributed by atoms with Crippen molar-refractivity contribution < 1.29 is 4.74 Å². The number of nitrogens with two attached hydrogens (primary N) is 1. The first kappa shape index (κ1) is 13.3. The zero-order valence-corrected chi connectivity index (χ0v) is 11.6. The van der Waals surface area contributed by atoms with Gasteiger partial charge in [0.1, 0.15) is 6.61 Å². The van der Waals surface area contributed by atoms with Crippen molar-refractivity contribution in [2.75, 3.05) is 5.73 Å². The van der Waals surface area contributed by atoms with Gasteiger partial charge in [-0.05, 0) is 23.8 Å². The Labute approximate surface area is 125 Å². The molecule has 0 fully saturated rings. The summed E-state index contributed by atoms with van der Waals surface area (Å²) >= 11 is 5.92. The highest BCUT2D eigenvalue weighted by Crippen LogP contribution is 2.14. The van der Waals surface area contributed by atoms with Crippen LogP contribution in [0.15, 0.2) is 42.7 Å². The fraction of sp³-hybridized carbons (Fsp3) is 0.0769. The Kier molecular flexibility index (Phi) is 3.65. The molecule has 7 nitrogen and oxygen atoms in total. The first-order valence-electron chi connectivity index (χ1n) is 6.09. The second-order valence-electron chi connectivity index (χ2n) is 4.15. The Balaban J connectivity index is 1.79. The van der Waals surface area contributed by atoms with Gasteiger partial charge in [0.2, 0.25) is 5.95 Å². The molecule has 0 bridgehead atoms. The van der Waals surface area contributed by atoms with E-state index in [1.165, 1.54) is 4.68 Å². The number of nitrogen functional groups attached to an aromatic ring is 1. The minimum Gasteiger partial charge on any atom is -0.458 e. The zero-order valence-electron chi connectivity index (χ0n) is 10.8. The van der Waals surface area contributed by atoms with E-state index < -0.39 is 0 Å². The molecule has 106 valence electrons. The van der Waals surface area contributed by atoms with Crippen molar-refractivity contribution in [1.82, 2.24) is 24.7 Å². The number of anilines is 1. The summed E-state index contributed by atoms with van der Waals surface area (Å²) in [4.78, 5) is 12.1. The Bertz CT molecular complexity index is 746. The van der Waals surface area contributed by atoms with E-state index in [9.17, 15) is 0 Å². The smallest absolute Gasteiger partial charge is 0.323 e. The monoisotopic (exact) mass is 302 g/mol. The molecule has 0 unspecified atom stereocenters. The van der Waals surface area contributed by atoms with Gasteiger partial charge in [-0.3, -0.25) is 0 Å². The first-order chi connectivity index (χ1) is 10.2. The molecule has 0 aliphatic heterocycles. The van der Waals surface area contributed by atoms with Crippen molar-refractivity contribution in [3.63, 3.8) is 0 Å². The Morgan fingerprint density at radius 2 is 2.10 bits per heavy atom. The van der Waals surface area contributed by atoms with Gasteiger partial charge in [0.25, 0.3) is 5.95 Å². The summed E-state index contributed by atoms with van der Waals surface area (Å²) < 4.78 is 7.00. The fourth-order valence-corrected chi connectivity index (χ4v) is 1.90. The van der Waals surface area contributed by atoms with Crippen LogP contribution in [-0.2, 0) is 6.61 Å². The van der Waals surface area contributed by atoms with E-state index in [0.29, 0.717) is 11.0 Å². The van der Waals surface area contributed by atoms with Crippen molar-refractivity contribution in [1.29, 1.82) is 0 Å². The van der Waals surface area contributed by atoms with Gasteiger partial charge in [0.15, 0.2) is 0 Å². The van der Waals surface area contributed by atoms with Gasteiger partial charge in [0.05, 0.1) is 0 Å². The van der Waals surface area contributed by atoms with Crippen LogP contribution >= 0.6 is 11.6 Å². The van der Waals surface area contributed by atoms with Gasteiger partial charge in [0, 0.05) is 17.4 Å². The lowest BCUT2D eigenvalue weighted by molar-refractivity contribution is 0.279. The molecule has 3 aromatic rings. The fourth-order valence-electron chi connectivity index (χ4n) is 1.69. The van der Waals surface area contributed by atoms with Gasteiger partial charge >= 0.3 is 6.01 Å². The lowest BCUT2D eigenvalue weighted by Crippen LogP contribution is -2.09. The predicted octanol–water partition coefficient (Wildman–Crippen LogP) is 1.87. The molecule has 2 aromatic heterocycles. The van der Waals surface area contributed by atoms with Crippen molar-refractivity contribution >= 4 is 17.5 Å². The van der Waals surface area contributed by atoms with E-state index in [4.69, 9.17) is 22.1 Å². The van der Waals surface area contributed by atoms with Crippen LogP contribution in [0.1, 0.15) is 5.56 Å². The molecule has 2 heterocycles. The summed E-state index contributed by atoms with van der Waals surface area (Å²) in [6, 6.07) is 9.23. The van der Waals surface area contributed by atoms with E-state index in [1.807, 2.05) is 12.1 Å². The largest absolute Gasteiger partial charge is 0.458 e. The van der Waals surface area contributed by atoms with E-state index in [0.717, 1.165) is 5.56 Å². The molecule has 1 aromatic carbocycles. The highest BCUT2D eigenvalue weighted by atomic mass is 35.5. The second-order valence-corrected chi connectivity index (χ2v) is 4.58. The second kappa shape index (κ2) is 5.76. The maximum Gasteiger partial charge on any atom is 0.323 e. The number of benzene rings is 1. The normalized spacial score (nSPS) is 10.5. The summed E-state index contributed by atoms with van der Waals surface area (Å²) in [7, 11) is 0. The minimum atomic E-state index is 0.0663. The van der Waals surface area contributed by atoms with Crippen molar-refractivity contribution in [2.45, 2.75) is 6.61 Å². The molecule has 0 amide bonds. The number of hydrogen-bond acceptors (Lipinski definition) is 6. The van der Waals surface area contributed by atoms with E-state index >= 15 is 0 Å². The average Bonchev–Trinajstić information content (AvgIpc) is 2.99. The molecular weight excluding hydrogens is 292 g/mol. The van der Waals surface area contributed by atoms with Crippen LogP contribution in [-0.4, -0.2) is 24.7 Å². The first-order valence-corrected chi connectivity index (χ1v) is 6.47. The lowest BCUT2D eigenvalue weighted by Gasteiger charge is -2.07. The molecule has 0 saturated carbocycles. The third-order valence-corrected chi connectivity index (χ3v) is 2.82.